The van der Waals surface area contributed by atoms with E-state index in [9.17, 15) is 9.00 Å². The van der Waals surface area contributed by atoms with Crippen LogP contribution in [-0.4, -0.2) is 34.3 Å². The lowest BCUT2D eigenvalue weighted by Gasteiger charge is -2.07. The second-order valence-corrected chi connectivity index (χ2v) is 6.42. The fourth-order valence-corrected chi connectivity index (χ4v) is 3.12. The van der Waals surface area contributed by atoms with E-state index in [2.05, 4.69) is 22.9 Å². The van der Waals surface area contributed by atoms with Crippen molar-refractivity contribution in [2.45, 2.75) is 24.7 Å². The van der Waals surface area contributed by atoms with Crippen LogP contribution in [-0.2, 0) is 15.5 Å². The van der Waals surface area contributed by atoms with E-state index in [4.69, 9.17) is 9.84 Å². The normalized spacial score (nSPS) is 12.3. The largest absolute Gasteiger partial charge is 0.478 e. The summed E-state index contributed by atoms with van der Waals surface area (Å²) in [5, 5.41) is 9.07. The van der Waals surface area contributed by atoms with Gasteiger partial charge in [0.05, 0.1) is 33.6 Å². The van der Waals surface area contributed by atoms with Crippen LogP contribution in [0.15, 0.2) is 27.6 Å². The summed E-state index contributed by atoms with van der Waals surface area (Å²) < 4.78 is 18.2. The maximum Gasteiger partial charge on any atom is 0.336 e. The number of unbranched alkanes of at least 4 members (excludes halogenated alkanes) is 1. The molecule has 0 spiro atoms. The van der Waals surface area contributed by atoms with E-state index < -0.39 is 16.8 Å². The Bertz CT molecular complexity index is 462. The molecule has 1 atom stereocenters. The molecule has 1 aromatic rings. The van der Waals surface area contributed by atoms with Crippen molar-refractivity contribution in [1.82, 2.24) is 0 Å². The number of halogens is 1. The zero-order chi connectivity index (χ0) is 14.3. The molecule has 0 heterocycles. The Kier molecular flexibility index (Phi) is 7.27. The minimum Gasteiger partial charge on any atom is -0.478 e. The monoisotopic (exact) mass is 348 g/mol. The second kappa shape index (κ2) is 8.45. The molecule has 0 fully saturated rings. The Labute approximate surface area is 123 Å². The van der Waals surface area contributed by atoms with Gasteiger partial charge in [-0.25, -0.2) is 4.79 Å². The Hall–Kier alpha value is -0.720. The van der Waals surface area contributed by atoms with Gasteiger partial charge in [-0.15, -0.1) is 0 Å². The molecule has 0 aliphatic carbocycles. The molecule has 0 radical (unpaired) electrons. The molecule has 0 aromatic heterocycles. The number of rotatable bonds is 8. The topological polar surface area (TPSA) is 63.6 Å². The van der Waals surface area contributed by atoms with Gasteiger partial charge in [-0.3, -0.25) is 4.21 Å². The first-order chi connectivity index (χ1) is 9.06. The minimum absolute atomic E-state index is 0.0788. The van der Waals surface area contributed by atoms with Crippen molar-refractivity contribution in [2.75, 3.05) is 19.0 Å². The van der Waals surface area contributed by atoms with Crippen LogP contribution >= 0.6 is 15.9 Å². The molecule has 106 valence electrons. The quantitative estimate of drug-likeness (QED) is 0.733. The van der Waals surface area contributed by atoms with Crippen LogP contribution in [0.3, 0.4) is 0 Å². The molecule has 4 nitrogen and oxygen atoms in total. The number of benzene rings is 1. The third-order valence-electron chi connectivity index (χ3n) is 2.47. The van der Waals surface area contributed by atoms with Gasteiger partial charge in [-0.2, -0.15) is 0 Å². The summed E-state index contributed by atoms with van der Waals surface area (Å²) in [4.78, 5) is 11.4. The molecular weight excluding hydrogens is 332 g/mol. The van der Waals surface area contributed by atoms with Crippen molar-refractivity contribution in [3.63, 3.8) is 0 Å². The third-order valence-corrected chi connectivity index (χ3v) is 4.33. The molecule has 0 saturated heterocycles. The van der Waals surface area contributed by atoms with Crippen molar-refractivity contribution >= 4 is 32.7 Å². The highest BCUT2D eigenvalue weighted by atomic mass is 79.9. The summed E-state index contributed by atoms with van der Waals surface area (Å²) >= 11 is 3.26. The summed E-state index contributed by atoms with van der Waals surface area (Å²) in [6, 6.07) is 4.67. The first-order valence-corrected chi connectivity index (χ1v) is 8.16. The standard InChI is InChI=1S/C13H17BrO4S/c1-2-3-6-18-7-8-19(17)12-9-10(14)4-5-11(12)13(15)16/h4-5,9H,2-3,6-8H2,1H3,(H,15,16). The molecule has 0 aliphatic rings. The summed E-state index contributed by atoms with van der Waals surface area (Å²) in [5.74, 6) is -0.761. The molecule has 0 bridgehead atoms. The van der Waals surface area contributed by atoms with Crippen LogP contribution in [0, 0.1) is 0 Å². The Morgan fingerprint density at radius 2 is 2.16 bits per heavy atom. The highest BCUT2D eigenvalue weighted by molar-refractivity contribution is 9.10. The maximum absolute atomic E-state index is 12.1. The van der Waals surface area contributed by atoms with E-state index in [1.165, 1.54) is 6.07 Å². The fraction of sp³-hybridized carbons (Fsp3) is 0.462. The summed E-state index contributed by atoms with van der Waals surface area (Å²) in [7, 11) is -1.37. The van der Waals surface area contributed by atoms with Gasteiger partial charge in [-0.1, -0.05) is 29.3 Å². The molecule has 0 amide bonds. The van der Waals surface area contributed by atoms with Gasteiger partial charge < -0.3 is 9.84 Å². The van der Waals surface area contributed by atoms with Crippen molar-refractivity contribution in [2.24, 2.45) is 0 Å². The number of carboxylic acid groups (broad SMARTS) is 1. The van der Waals surface area contributed by atoms with Crippen LogP contribution in [0.25, 0.3) is 0 Å². The van der Waals surface area contributed by atoms with E-state index in [1.54, 1.807) is 12.1 Å². The molecule has 1 aromatic carbocycles. The third kappa shape index (κ3) is 5.42. The van der Waals surface area contributed by atoms with Crippen LogP contribution < -0.4 is 0 Å². The molecule has 6 heteroatoms. The summed E-state index contributed by atoms with van der Waals surface area (Å²) in [6.45, 7) is 3.10. The number of hydrogen-bond donors (Lipinski definition) is 1. The lowest BCUT2D eigenvalue weighted by atomic mass is 10.2. The van der Waals surface area contributed by atoms with Crippen molar-refractivity contribution in [3.05, 3.63) is 28.2 Å². The van der Waals surface area contributed by atoms with Crippen LogP contribution in [0.4, 0.5) is 0 Å². The smallest absolute Gasteiger partial charge is 0.336 e. The van der Waals surface area contributed by atoms with Crippen LogP contribution in [0.5, 0.6) is 0 Å². The van der Waals surface area contributed by atoms with Crippen molar-refractivity contribution in [1.29, 1.82) is 0 Å². The minimum atomic E-state index is -1.37. The maximum atomic E-state index is 12.1. The predicted octanol–water partition coefficient (Wildman–Crippen LogP) is 3.07. The first-order valence-electron chi connectivity index (χ1n) is 6.05. The Morgan fingerprint density at radius 3 is 2.79 bits per heavy atom. The molecule has 19 heavy (non-hydrogen) atoms. The lowest BCUT2D eigenvalue weighted by molar-refractivity contribution is 0.0693. The van der Waals surface area contributed by atoms with E-state index in [1.807, 2.05) is 0 Å². The summed E-state index contributed by atoms with van der Waals surface area (Å²) in [6.07, 6.45) is 2.03. The van der Waals surface area contributed by atoms with Crippen molar-refractivity contribution in [3.8, 4) is 0 Å². The number of carbonyl (C=O) groups is 1. The predicted molar refractivity (Wildman–Crippen MR) is 78.1 cm³/mol. The van der Waals surface area contributed by atoms with Gasteiger partial charge in [-0.05, 0) is 24.6 Å². The van der Waals surface area contributed by atoms with E-state index in [0.29, 0.717) is 28.3 Å². The molecule has 1 unspecified atom stereocenters. The number of hydrogen-bond acceptors (Lipinski definition) is 3. The Morgan fingerprint density at radius 1 is 1.42 bits per heavy atom. The van der Waals surface area contributed by atoms with Crippen LogP contribution in [0.1, 0.15) is 30.1 Å². The average Bonchev–Trinajstić information content (AvgIpc) is 2.37. The zero-order valence-electron chi connectivity index (χ0n) is 10.7. The first kappa shape index (κ1) is 16.3. The highest BCUT2D eigenvalue weighted by Gasteiger charge is 2.15. The molecule has 1 N–H and O–H groups in total. The van der Waals surface area contributed by atoms with E-state index in [-0.39, 0.29) is 5.56 Å². The molecule has 0 aliphatic heterocycles. The average molecular weight is 349 g/mol. The second-order valence-electron chi connectivity index (χ2n) is 3.96. The summed E-state index contributed by atoms with van der Waals surface area (Å²) in [5.41, 5.74) is 0.0788. The fourth-order valence-electron chi connectivity index (χ4n) is 1.45. The van der Waals surface area contributed by atoms with E-state index >= 15 is 0 Å². The SMILES string of the molecule is CCCCOCCS(=O)c1cc(Br)ccc1C(=O)O. The van der Waals surface area contributed by atoms with Crippen molar-refractivity contribution < 1.29 is 18.8 Å². The van der Waals surface area contributed by atoms with Crippen LogP contribution in [0.2, 0.25) is 0 Å². The van der Waals surface area contributed by atoms with Gasteiger partial charge in [0.2, 0.25) is 0 Å². The van der Waals surface area contributed by atoms with Gasteiger partial charge >= 0.3 is 5.97 Å². The molecular formula is C13H17BrO4S. The van der Waals surface area contributed by atoms with Gasteiger partial charge in [0.1, 0.15) is 0 Å². The number of ether oxygens (including phenoxy) is 1. The van der Waals surface area contributed by atoms with E-state index in [0.717, 1.165) is 12.8 Å². The Balaban J connectivity index is 2.65. The molecule has 0 saturated carbocycles. The number of carboxylic acids is 1. The lowest BCUT2D eigenvalue weighted by Crippen LogP contribution is -2.11. The van der Waals surface area contributed by atoms with Gasteiger partial charge in [0.25, 0.3) is 0 Å². The number of aromatic carboxylic acids is 1. The van der Waals surface area contributed by atoms with Gasteiger partial charge in [0, 0.05) is 11.1 Å². The molecule has 1 rings (SSSR count). The zero-order valence-corrected chi connectivity index (χ0v) is 13.1. The highest BCUT2D eigenvalue weighted by Crippen LogP contribution is 2.20. The van der Waals surface area contributed by atoms with Gasteiger partial charge in [0.15, 0.2) is 0 Å².